The quantitative estimate of drug-likeness (QED) is 0.735. The van der Waals surface area contributed by atoms with Crippen LogP contribution >= 0.6 is 0 Å². The number of anilines is 1. The molecule has 0 aliphatic rings. The van der Waals surface area contributed by atoms with E-state index in [0.717, 1.165) is 17.7 Å². The predicted octanol–water partition coefficient (Wildman–Crippen LogP) is 4.23. The fourth-order valence-electron chi connectivity index (χ4n) is 2.70. The van der Waals surface area contributed by atoms with E-state index >= 15 is 0 Å². The van der Waals surface area contributed by atoms with E-state index in [2.05, 4.69) is 47.6 Å². The van der Waals surface area contributed by atoms with Crippen LogP contribution in [0.1, 0.15) is 23.9 Å². The molecule has 2 aromatic carbocycles. The number of benzene rings is 2. The van der Waals surface area contributed by atoms with Crippen molar-refractivity contribution in [2.24, 2.45) is 0 Å². The molecule has 3 aromatic rings. The molecule has 3 rings (SSSR count). The lowest BCUT2D eigenvalue weighted by Gasteiger charge is -2.12. The Bertz CT molecular complexity index is 827. The van der Waals surface area contributed by atoms with Gasteiger partial charge >= 0.3 is 0 Å². The van der Waals surface area contributed by atoms with Crippen molar-refractivity contribution >= 4 is 5.69 Å². The number of nitrogens with zero attached hydrogens (tertiary/aromatic N) is 2. The Labute approximate surface area is 141 Å². The molecule has 0 saturated heterocycles. The van der Waals surface area contributed by atoms with Gasteiger partial charge in [-0.15, -0.1) is 10.2 Å². The van der Waals surface area contributed by atoms with Crippen molar-refractivity contribution in [1.82, 2.24) is 10.2 Å². The maximum Gasteiger partial charge on any atom is 0.251 e. The summed E-state index contributed by atoms with van der Waals surface area (Å²) in [6.45, 7) is 4.72. The van der Waals surface area contributed by atoms with Gasteiger partial charge in [0, 0.05) is 5.69 Å². The van der Waals surface area contributed by atoms with Gasteiger partial charge in [0.05, 0.1) is 19.2 Å². The largest absolute Gasteiger partial charge is 0.496 e. The first-order chi connectivity index (χ1) is 11.7. The summed E-state index contributed by atoms with van der Waals surface area (Å²) in [5.74, 6) is 1.72. The van der Waals surface area contributed by atoms with Gasteiger partial charge in [0.2, 0.25) is 5.89 Å². The van der Waals surface area contributed by atoms with Gasteiger partial charge in [-0.25, -0.2) is 0 Å². The van der Waals surface area contributed by atoms with Crippen LogP contribution in [0.15, 0.2) is 46.9 Å². The van der Waals surface area contributed by atoms with Crippen molar-refractivity contribution in [3.63, 3.8) is 0 Å². The summed E-state index contributed by atoms with van der Waals surface area (Å²) in [4.78, 5) is 0. The van der Waals surface area contributed by atoms with Crippen LogP contribution < -0.4 is 10.1 Å². The highest BCUT2D eigenvalue weighted by atomic mass is 16.5. The SMILES string of the molecule is CCc1cccc(C)c1NCc1nnc(-c2ccccc2OC)o1. The third-order valence-electron chi connectivity index (χ3n) is 3.96. The molecule has 0 saturated carbocycles. The third-order valence-corrected chi connectivity index (χ3v) is 3.96. The van der Waals surface area contributed by atoms with Crippen LogP contribution in [-0.4, -0.2) is 17.3 Å². The average molecular weight is 323 g/mol. The second-order valence-corrected chi connectivity index (χ2v) is 5.52. The highest BCUT2D eigenvalue weighted by Gasteiger charge is 2.13. The molecule has 0 unspecified atom stereocenters. The lowest BCUT2D eigenvalue weighted by molar-refractivity contribution is 0.413. The summed E-state index contributed by atoms with van der Waals surface area (Å²) in [7, 11) is 1.63. The molecule has 0 fully saturated rings. The van der Waals surface area contributed by atoms with Gasteiger partial charge in [0.25, 0.3) is 5.89 Å². The number of nitrogens with one attached hydrogen (secondary N) is 1. The minimum Gasteiger partial charge on any atom is -0.496 e. The molecule has 1 N–H and O–H groups in total. The van der Waals surface area contributed by atoms with Crippen LogP contribution in [0.4, 0.5) is 5.69 Å². The molecule has 0 amide bonds. The molecule has 1 aromatic heterocycles. The van der Waals surface area contributed by atoms with E-state index < -0.39 is 0 Å². The number of rotatable bonds is 6. The first-order valence-electron chi connectivity index (χ1n) is 8.01. The lowest BCUT2D eigenvalue weighted by Crippen LogP contribution is -2.04. The first kappa shape index (κ1) is 16.1. The zero-order valence-electron chi connectivity index (χ0n) is 14.2. The molecule has 5 nitrogen and oxygen atoms in total. The van der Waals surface area contributed by atoms with Gasteiger partial charge in [0.15, 0.2) is 0 Å². The molecule has 0 aliphatic heterocycles. The molecule has 0 spiro atoms. The van der Waals surface area contributed by atoms with E-state index in [1.807, 2.05) is 24.3 Å². The first-order valence-corrected chi connectivity index (χ1v) is 8.01. The van der Waals surface area contributed by atoms with Crippen molar-refractivity contribution in [3.05, 3.63) is 59.5 Å². The van der Waals surface area contributed by atoms with Crippen LogP contribution in [0.2, 0.25) is 0 Å². The Morgan fingerprint density at radius 3 is 2.71 bits per heavy atom. The fourth-order valence-corrected chi connectivity index (χ4v) is 2.70. The molecule has 24 heavy (non-hydrogen) atoms. The molecule has 124 valence electrons. The van der Waals surface area contributed by atoms with Crippen molar-refractivity contribution in [2.45, 2.75) is 26.8 Å². The molecule has 0 atom stereocenters. The number of para-hydroxylation sites is 2. The van der Waals surface area contributed by atoms with E-state index in [1.54, 1.807) is 7.11 Å². The van der Waals surface area contributed by atoms with Gasteiger partial charge < -0.3 is 14.5 Å². The monoisotopic (exact) mass is 323 g/mol. The van der Waals surface area contributed by atoms with Gasteiger partial charge in [0.1, 0.15) is 5.75 Å². The Morgan fingerprint density at radius 1 is 1.08 bits per heavy atom. The third kappa shape index (κ3) is 3.25. The smallest absolute Gasteiger partial charge is 0.251 e. The van der Waals surface area contributed by atoms with Gasteiger partial charge in [-0.3, -0.25) is 0 Å². The van der Waals surface area contributed by atoms with Gasteiger partial charge in [-0.1, -0.05) is 37.3 Å². The normalized spacial score (nSPS) is 10.6. The number of hydrogen-bond acceptors (Lipinski definition) is 5. The van der Waals surface area contributed by atoms with E-state index in [1.165, 1.54) is 11.1 Å². The van der Waals surface area contributed by atoms with E-state index in [4.69, 9.17) is 9.15 Å². The van der Waals surface area contributed by atoms with Crippen LogP contribution in [0.3, 0.4) is 0 Å². The molecule has 0 bridgehead atoms. The second kappa shape index (κ2) is 7.17. The second-order valence-electron chi connectivity index (χ2n) is 5.52. The van der Waals surface area contributed by atoms with E-state index in [-0.39, 0.29) is 0 Å². The van der Waals surface area contributed by atoms with Crippen molar-refractivity contribution in [3.8, 4) is 17.2 Å². The molecular formula is C19H21N3O2. The average Bonchev–Trinajstić information content (AvgIpc) is 3.09. The Balaban J connectivity index is 1.78. The highest BCUT2D eigenvalue weighted by molar-refractivity contribution is 5.62. The molecule has 0 radical (unpaired) electrons. The maximum atomic E-state index is 5.78. The molecular weight excluding hydrogens is 302 g/mol. The van der Waals surface area contributed by atoms with Crippen LogP contribution in [-0.2, 0) is 13.0 Å². The minimum absolute atomic E-state index is 0.463. The number of hydrogen-bond donors (Lipinski definition) is 1. The Hall–Kier alpha value is -2.82. The van der Waals surface area contributed by atoms with E-state index in [9.17, 15) is 0 Å². The minimum atomic E-state index is 0.463. The summed E-state index contributed by atoms with van der Waals surface area (Å²) in [5.41, 5.74) is 4.42. The topological polar surface area (TPSA) is 60.2 Å². The maximum absolute atomic E-state index is 5.78. The van der Waals surface area contributed by atoms with Crippen LogP contribution in [0, 0.1) is 6.92 Å². The molecule has 0 aliphatic carbocycles. The highest BCUT2D eigenvalue weighted by Crippen LogP contribution is 2.28. The Kier molecular flexibility index (Phi) is 4.79. The number of ether oxygens (including phenoxy) is 1. The number of aromatic nitrogens is 2. The number of methoxy groups -OCH3 is 1. The summed E-state index contributed by atoms with van der Waals surface area (Å²) in [5, 5.41) is 11.7. The van der Waals surface area contributed by atoms with E-state index in [0.29, 0.717) is 24.1 Å². The zero-order chi connectivity index (χ0) is 16.9. The zero-order valence-corrected chi connectivity index (χ0v) is 14.2. The standard InChI is InChI=1S/C19H21N3O2/c1-4-14-9-7-8-13(2)18(14)20-12-17-21-22-19(24-17)15-10-5-6-11-16(15)23-3/h5-11,20H,4,12H2,1-3H3. The van der Waals surface area contributed by atoms with Crippen molar-refractivity contribution in [1.29, 1.82) is 0 Å². The predicted molar refractivity (Wildman–Crippen MR) is 94.2 cm³/mol. The Morgan fingerprint density at radius 2 is 1.92 bits per heavy atom. The van der Waals surface area contributed by atoms with Gasteiger partial charge in [-0.2, -0.15) is 0 Å². The summed E-state index contributed by atoms with van der Waals surface area (Å²) in [6, 6.07) is 13.9. The van der Waals surface area contributed by atoms with Crippen LogP contribution in [0.5, 0.6) is 5.75 Å². The summed E-state index contributed by atoms with van der Waals surface area (Å²) >= 11 is 0. The van der Waals surface area contributed by atoms with Gasteiger partial charge in [-0.05, 0) is 36.6 Å². The lowest BCUT2D eigenvalue weighted by atomic mass is 10.1. The summed E-state index contributed by atoms with van der Waals surface area (Å²) in [6.07, 6.45) is 0.973. The van der Waals surface area contributed by atoms with Crippen molar-refractivity contribution in [2.75, 3.05) is 12.4 Å². The molecule has 1 heterocycles. The number of aryl methyl sites for hydroxylation is 2. The fraction of sp³-hybridized carbons (Fsp3) is 0.263. The summed E-state index contributed by atoms with van der Waals surface area (Å²) < 4.78 is 11.1. The molecule has 5 heteroatoms. The van der Waals surface area contributed by atoms with Crippen LogP contribution in [0.25, 0.3) is 11.5 Å². The van der Waals surface area contributed by atoms with Crippen molar-refractivity contribution < 1.29 is 9.15 Å².